The van der Waals surface area contributed by atoms with Crippen LogP contribution in [0.1, 0.15) is 61.3 Å². The molecule has 0 aromatic rings. The number of carbonyl (C=O) groups is 3. The molecule has 4 atom stereocenters. The summed E-state index contributed by atoms with van der Waals surface area (Å²) in [6.07, 6.45) is 2.84. The second kappa shape index (κ2) is 12.7. The minimum absolute atomic E-state index is 0.0455. The Kier molecular flexibility index (Phi) is 13.0. The van der Waals surface area contributed by atoms with E-state index >= 15 is 0 Å². The molecule has 0 spiro atoms. The fraction of sp³-hybridized carbons (Fsp3) is 0.765. The first-order valence-electron chi connectivity index (χ1n) is 8.05. The van der Waals surface area contributed by atoms with Crippen molar-refractivity contribution in [2.24, 2.45) is 23.7 Å². The van der Waals surface area contributed by atoms with Gasteiger partial charge in [0, 0.05) is 12.8 Å². The number of esters is 2. The lowest BCUT2D eigenvalue weighted by molar-refractivity contribution is -0.161. The van der Waals surface area contributed by atoms with Crippen LogP contribution in [0.3, 0.4) is 0 Å². The van der Waals surface area contributed by atoms with E-state index < -0.39 is 11.9 Å². The lowest BCUT2D eigenvalue weighted by Gasteiger charge is -2.15. The Morgan fingerprint density at radius 3 is 1.78 bits per heavy atom. The van der Waals surface area contributed by atoms with E-state index in [2.05, 4.69) is 9.53 Å². The largest absolute Gasteiger partial charge is 0.393 e. The molecule has 6 heteroatoms. The molecule has 23 heavy (non-hydrogen) atoms. The Morgan fingerprint density at radius 2 is 1.43 bits per heavy atom. The fourth-order valence-corrected chi connectivity index (χ4v) is 1.63. The predicted octanol–water partition coefficient (Wildman–Crippen LogP) is 3.30. The van der Waals surface area contributed by atoms with Crippen LogP contribution in [0.25, 0.3) is 5.53 Å². The Labute approximate surface area is 139 Å². The number of ether oxygens (including phenoxy) is 1. The fourth-order valence-electron chi connectivity index (χ4n) is 1.63. The van der Waals surface area contributed by atoms with Gasteiger partial charge in [-0.3, -0.25) is 14.4 Å². The molecule has 0 aliphatic carbocycles. The van der Waals surface area contributed by atoms with Crippen LogP contribution in [-0.2, 0) is 19.1 Å². The van der Waals surface area contributed by atoms with Crippen LogP contribution >= 0.6 is 0 Å². The first-order valence-corrected chi connectivity index (χ1v) is 8.05. The monoisotopic (exact) mass is 326 g/mol. The molecule has 0 amide bonds. The van der Waals surface area contributed by atoms with Gasteiger partial charge in [0.1, 0.15) is 0 Å². The molecule has 0 aromatic carbocycles. The minimum atomic E-state index is -0.532. The maximum atomic E-state index is 11.1. The van der Waals surface area contributed by atoms with Gasteiger partial charge in [-0.15, -0.1) is 0 Å². The van der Waals surface area contributed by atoms with Gasteiger partial charge < -0.3 is 10.3 Å². The summed E-state index contributed by atoms with van der Waals surface area (Å²) < 4.78 is 4.46. The van der Waals surface area contributed by atoms with Crippen molar-refractivity contribution < 1.29 is 23.9 Å². The van der Waals surface area contributed by atoms with E-state index in [0.717, 1.165) is 19.1 Å². The third-order valence-electron chi connectivity index (χ3n) is 4.24. The number of hydrogen-bond donors (Lipinski definition) is 0. The van der Waals surface area contributed by atoms with E-state index in [1.54, 1.807) is 6.92 Å². The van der Waals surface area contributed by atoms with E-state index in [9.17, 15) is 14.4 Å². The molecule has 0 rings (SSSR count). The van der Waals surface area contributed by atoms with Crippen molar-refractivity contribution in [1.29, 1.82) is 0 Å². The SMILES string of the molecule is CC[C@H](C)[C@H](C)C(=O)C=[N+]=[N-].CC[C@H](C)[C@H](C)C(=O)OC(C)=O. The lowest BCUT2D eigenvalue weighted by atomic mass is 9.90. The summed E-state index contributed by atoms with van der Waals surface area (Å²) in [5.74, 6) is -0.694. The van der Waals surface area contributed by atoms with Crippen molar-refractivity contribution in [3.05, 3.63) is 5.53 Å². The number of rotatable bonds is 7. The van der Waals surface area contributed by atoms with E-state index in [1.165, 1.54) is 6.92 Å². The van der Waals surface area contributed by atoms with Crippen LogP contribution in [0.2, 0.25) is 0 Å². The van der Waals surface area contributed by atoms with Gasteiger partial charge in [-0.05, 0) is 11.8 Å². The summed E-state index contributed by atoms with van der Waals surface area (Å²) in [7, 11) is 0. The van der Waals surface area contributed by atoms with Crippen molar-refractivity contribution in [3.63, 3.8) is 0 Å². The first-order chi connectivity index (χ1) is 10.6. The van der Waals surface area contributed by atoms with Gasteiger partial charge in [-0.25, -0.2) is 0 Å². The Morgan fingerprint density at radius 1 is 1.00 bits per heavy atom. The predicted molar refractivity (Wildman–Crippen MR) is 88.7 cm³/mol. The number of carbonyl (C=O) groups excluding carboxylic acids is 3. The van der Waals surface area contributed by atoms with Crippen molar-refractivity contribution in [2.75, 3.05) is 0 Å². The Hall–Kier alpha value is -1.81. The van der Waals surface area contributed by atoms with Crippen LogP contribution < -0.4 is 0 Å². The molecule has 0 aromatic heterocycles. The maximum absolute atomic E-state index is 11.1. The summed E-state index contributed by atoms with van der Waals surface area (Å²) in [6, 6.07) is 0. The molecule has 0 aliphatic heterocycles. The first kappa shape index (κ1) is 23.5. The van der Waals surface area contributed by atoms with Crippen LogP contribution in [0.4, 0.5) is 0 Å². The number of ketones is 1. The summed E-state index contributed by atoms with van der Waals surface area (Å²) >= 11 is 0. The van der Waals surface area contributed by atoms with E-state index in [1.807, 2.05) is 34.6 Å². The molecular weight excluding hydrogens is 296 g/mol. The van der Waals surface area contributed by atoms with Gasteiger partial charge in [-0.2, -0.15) is 4.79 Å². The summed E-state index contributed by atoms with van der Waals surface area (Å²) in [6.45, 7) is 12.9. The molecule has 0 aliphatic rings. The molecule has 0 radical (unpaired) electrons. The topological polar surface area (TPSA) is 96.8 Å². The zero-order valence-electron chi connectivity index (χ0n) is 15.3. The van der Waals surface area contributed by atoms with Crippen molar-refractivity contribution in [3.8, 4) is 0 Å². The van der Waals surface area contributed by atoms with Crippen LogP contribution in [0, 0.1) is 23.7 Å². The Balaban J connectivity index is 0. The van der Waals surface area contributed by atoms with Crippen molar-refractivity contribution >= 4 is 23.9 Å². The van der Waals surface area contributed by atoms with E-state index in [0.29, 0.717) is 5.92 Å². The molecule has 0 heterocycles. The molecule has 132 valence electrons. The van der Waals surface area contributed by atoms with Gasteiger partial charge in [-0.1, -0.05) is 54.4 Å². The van der Waals surface area contributed by atoms with Gasteiger partial charge in [0.2, 0.25) is 5.78 Å². The van der Waals surface area contributed by atoms with Crippen LogP contribution in [0.15, 0.2) is 0 Å². The maximum Gasteiger partial charge on any atom is 0.323 e. The van der Waals surface area contributed by atoms with Gasteiger partial charge in [0.15, 0.2) is 0 Å². The molecule has 0 unspecified atom stereocenters. The van der Waals surface area contributed by atoms with Crippen LogP contribution in [-0.4, -0.2) is 28.7 Å². The van der Waals surface area contributed by atoms with Gasteiger partial charge in [0.25, 0.3) is 0 Å². The number of nitrogens with zero attached hydrogens (tertiary/aromatic N) is 2. The third kappa shape index (κ3) is 10.5. The molecule has 6 nitrogen and oxygen atoms in total. The standard InChI is InChI=1S/C9H16O3.C8H14N2O/c1-5-6(2)7(3)9(11)12-8(4)10;1-4-6(2)7(3)8(11)5-10-9/h6-7H,5H2,1-4H3;5-7H,4H2,1-3H3/t2*6-,7-/m00/s1. The lowest BCUT2D eigenvalue weighted by Crippen LogP contribution is -2.22. The Bertz CT molecular complexity index is 442. The molecule has 0 bridgehead atoms. The molecular formula is C17H30N2O4. The third-order valence-corrected chi connectivity index (χ3v) is 4.24. The number of hydrogen-bond acceptors (Lipinski definition) is 4. The highest BCUT2D eigenvalue weighted by Gasteiger charge is 2.21. The highest BCUT2D eigenvalue weighted by Crippen LogP contribution is 2.15. The minimum Gasteiger partial charge on any atom is -0.393 e. The van der Waals surface area contributed by atoms with Gasteiger partial charge in [0.05, 0.1) is 5.92 Å². The highest BCUT2D eigenvalue weighted by atomic mass is 16.6. The zero-order chi connectivity index (χ0) is 18.6. The van der Waals surface area contributed by atoms with Crippen LogP contribution in [0.5, 0.6) is 0 Å². The second-order valence-corrected chi connectivity index (χ2v) is 5.91. The van der Waals surface area contributed by atoms with Crippen molar-refractivity contribution in [1.82, 2.24) is 0 Å². The smallest absolute Gasteiger partial charge is 0.323 e. The summed E-state index contributed by atoms with van der Waals surface area (Å²) in [5.41, 5.74) is 8.09. The second-order valence-electron chi connectivity index (χ2n) is 5.91. The van der Waals surface area contributed by atoms with Gasteiger partial charge >= 0.3 is 18.2 Å². The van der Waals surface area contributed by atoms with E-state index in [-0.39, 0.29) is 23.5 Å². The summed E-state index contributed by atoms with van der Waals surface area (Å²) in [4.78, 5) is 35.3. The average Bonchev–Trinajstić information content (AvgIpc) is 2.51. The molecule has 0 N–H and O–H groups in total. The van der Waals surface area contributed by atoms with Crippen molar-refractivity contribution in [2.45, 2.75) is 61.3 Å². The summed E-state index contributed by atoms with van der Waals surface area (Å²) in [5, 5.41) is 0. The van der Waals surface area contributed by atoms with E-state index in [4.69, 9.17) is 5.53 Å². The quantitative estimate of drug-likeness (QED) is 0.236. The average molecular weight is 326 g/mol. The highest BCUT2D eigenvalue weighted by molar-refractivity contribution is 6.26. The zero-order valence-corrected chi connectivity index (χ0v) is 15.3. The molecule has 0 saturated carbocycles. The molecule has 0 fully saturated rings. The number of Topliss-reactive ketones (excluding diaryl/α,β-unsaturated/α-hetero) is 1. The normalized spacial score (nSPS) is 14.9. The molecule has 0 saturated heterocycles.